The molecule has 0 spiro atoms. The number of hydrogen-bond donors (Lipinski definition) is 2. The Morgan fingerprint density at radius 3 is 2.62 bits per heavy atom. The number of hydrogen-bond acceptors (Lipinski definition) is 5. The van der Waals surface area contributed by atoms with Crippen LogP contribution in [0.1, 0.15) is 19.3 Å². The van der Waals surface area contributed by atoms with Gasteiger partial charge in [0.2, 0.25) is 0 Å². The van der Waals surface area contributed by atoms with Gasteiger partial charge in [-0.05, 0) is 31.5 Å². The van der Waals surface area contributed by atoms with Crippen molar-refractivity contribution in [2.24, 2.45) is 0 Å². The lowest BCUT2D eigenvalue weighted by Crippen LogP contribution is -2.42. The maximum atomic E-state index is 6.06. The highest BCUT2D eigenvalue weighted by Gasteiger charge is 2.17. The number of para-hydroxylation sites is 2. The molecule has 1 unspecified atom stereocenters. The molecule has 0 saturated carbocycles. The Labute approximate surface area is 131 Å². The minimum atomic E-state index is 0. The molecule has 5 nitrogen and oxygen atoms in total. The van der Waals surface area contributed by atoms with Crippen molar-refractivity contribution in [1.82, 2.24) is 15.3 Å². The number of rotatable bonds is 3. The quantitative estimate of drug-likeness (QED) is 0.910. The van der Waals surface area contributed by atoms with E-state index in [-0.39, 0.29) is 12.4 Å². The highest BCUT2D eigenvalue weighted by atomic mass is 35.5. The van der Waals surface area contributed by atoms with E-state index in [4.69, 9.17) is 5.73 Å². The standard InChI is InChI=1S/C15H21N5.ClH/c1-20(10-11-6-4-5-9-17-11)15-14(16)18-12-7-2-3-8-13(12)19-15;/h2-3,7-8,11,17H,4-6,9-10H2,1H3,(H2,16,18);1H. The summed E-state index contributed by atoms with van der Waals surface area (Å²) in [6, 6.07) is 8.34. The Kier molecular flexibility index (Phi) is 5.20. The predicted molar refractivity (Wildman–Crippen MR) is 90.1 cm³/mol. The Bertz CT molecular complexity index is 598. The van der Waals surface area contributed by atoms with E-state index in [0.29, 0.717) is 11.9 Å². The molecule has 1 saturated heterocycles. The molecular weight excluding hydrogens is 286 g/mol. The van der Waals surface area contributed by atoms with Crippen molar-refractivity contribution in [3.8, 4) is 0 Å². The third kappa shape index (κ3) is 3.54. The van der Waals surface area contributed by atoms with Gasteiger partial charge in [-0.3, -0.25) is 0 Å². The van der Waals surface area contributed by atoms with Gasteiger partial charge in [0.25, 0.3) is 0 Å². The van der Waals surface area contributed by atoms with Crippen molar-refractivity contribution in [3.05, 3.63) is 24.3 Å². The normalized spacial score (nSPS) is 18.2. The van der Waals surface area contributed by atoms with Crippen LogP contribution >= 0.6 is 12.4 Å². The summed E-state index contributed by atoms with van der Waals surface area (Å²) in [6.07, 6.45) is 3.79. The Morgan fingerprint density at radius 2 is 1.95 bits per heavy atom. The predicted octanol–water partition coefficient (Wildman–Crippen LogP) is 2.21. The van der Waals surface area contributed by atoms with Crippen LogP contribution in [-0.4, -0.2) is 36.1 Å². The molecular formula is C15H22ClN5. The molecule has 0 bridgehead atoms. The monoisotopic (exact) mass is 307 g/mol. The van der Waals surface area contributed by atoms with Crippen LogP contribution in [-0.2, 0) is 0 Å². The zero-order valence-corrected chi connectivity index (χ0v) is 13.1. The second-order valence-electron chi connectivity index (χ2n) is 5.45. The third-order valence-electron chi connectivity index (χ3n) is 3.85. The first-order valence-corrected chi connectivity index (χ1v) is 7.21. The number of nitrogens with zero attached hydrogens (tertiary/aromatic N) is 3. The van der Waals surface area contributed by atoms with E-state index >= 15 is 0 Å². The van der Waals surface area contributed by atoms with Gasteiger partial charge in [0.05, 0.1) is 11.0 Å². The number of likely N-dealkylation sites (N-methyl/N-ethyl adjacent to an activating group) is 1. The van der Waals surface area contributed by atoms with Gasteiger partial charge in [0.1, 0.15) is 0 Å². The summed E-state index contributed by atoms with van der Waals surface area (Å²) >= 11 is 0. The molecule has 2 aromatic rings. The van der Waals surface area contributed by atoms with Crippen molar-refractivity contribution in [2.45, 2.75) is 25.3 Å². The van der Waals surface area contributed by atoms with Crippen LogP contribution in [0.5, 0.6) is 0 Å². The summed E-state index contributed by atoms with van der Waals surface area (Å²) in [5.41, 5.74) is 7.79. The fourth-order valence-electron chi connectivity index (χ4n) is 2.78. The summed E-state index contributed by atoms with van der Waals surface area (Å²) in [5.74, 6) is 1.28. The average molecular weight is 308 g/mol. The number of fused-ring (bicyclic) bond motifs is 1. The lowest BCUT2D eigenvalue weighted by atomic mass is 10.0. The van der Waals surface area contributed by atoms with E-state index in [9.17, 15) is 0 Å². The summed E-state index contributed by atoms with van der Waals surface area (Å²) < 4.78 is 0. The van der Waals surface area contributed by atoms with Crippen LogP contribution in [0.4, 0.5) is 11.6 Å². The van der Waals surface area contributed by atoms with Crippen LogP contribution < -0.4 is 16.0 Å². The summed E-state index contributed by atoms with van der Waals surface area (Å²) in [6.45, 7) is 2.02. The van der Waals surface area contributed by atoms with Gasteiger partial charge >= 0.3 is 0 Å². The maximum Gasteiger partial charge on any atom is 0.171 e. The number of nitrogens with one attached hydrogen (secondary N) is 1. The van der Waals surface area contributed by atoms with Crippen molar-refractivity contribution >= 4 is 35.1 Å². The molecule has 0 radical (unpaired) electrons. The lowest BCUT2D eigenvalue weighted by molar-refractivity contribution is 0.403. The number of nitrogen functional groups attached to an aromatic ring is 1. The van der Waals surface area contributed by atoms with Gasteiger partial charge in [-0.2, -0.15) is 0 Å². The first-order chi connectivity index (χ1) is 9.74. The Hall–Kier alpha value is -1.59. The molecule has 1 aromatic carbocycles. The molecule has 3 N–H and O–H groups in total. The van der Waals surface area contributed by atoms with Gasteiger partial charge < -0.3 is 16.0 Å². The number of aromatic nitrogens is 2. The van der Waals surface area contributed by atoms with Gasteiger partial charge in [-0.1, -0.05) is 18.6 Å². The first kappa shape index (κ1) is 15.8. The van der Waals surface area contributed by atoms with Crippen molar-refractivity contribution in [3.63, 3.8) is 0 Å². The summed E-state index contributed by atoms with van der Waals surface area (Å²) in [7, 11) is 2.03. The van der Waals surface area contributed by atoms with Gasteiger partial charge in [0, 0.05) is 19.6 Å². The smallest absolute Gasteiger partial charge is 0.171 e. The zero-order chi connectivity index (χ0) is 13.9. The Morgan fingerprint density at radius 1 is 1.24 bits per heavy atom. The number of halogens is 1. The van der Waals surface area contributed by atoms with Crippen LogP contribution in [0, 0.1) is 0 Å². The average Bonchev–Trinajstić information content (AvgIpc) is 2.47. The van der Waals surface area contributed by atoms with E-state index in [1.165, 1.54) is 19.3 Å². The molecule has 0 amide bonds. The first-order valence-electron chi connectivity index (χ1n) is 7.21. The fraction of sp³-hybridized carbons (Fsp3) is 0.467. The molecule has 6 heteroatoms. The summed E-state index contributed by atoms with van der Waals surface area (Å²) in [4.78, 5) is 11.2. The molecule has 1 atom stereocenters. The Balaban J connectivity index is 0.00000161. The third-order valence-corrected chi connectivity index (χ3v) is 3.85. The number of anilines is 2. The van der Waals surface area contributed by atoms with E-state index < -0.39 is 0 Å². The molecule has 1 aliphatic heterocycles. The second-order valence-corrected chi connectivity index (χ2v) is 5.45. The van der Waals surface area contributed by atoms with Gasteiger partial charge in [-0.15, -0.1) is 12.4 Å². The van der Waals surface area contributed by atoms with Gasteiger partial charge in [-0.25, -0.2) is 9.97 Å². The number of piperidine rings is 1. The highest BCUT2D eigenvalue weighted by Crippen LogP contribution is 2.22. The number of nitrogens with two attached hydrogens (primary N) is 1. The van der Waals surface area contributed by atoms with Crippen LogP contribution in [0.25, 0.3) is 11.0 Å². The number of benzene rings is 1. The molecule has 0 aliphatic carbocycles. The van der Waals surface area contributed by atoms with Crippen LogP contribution in [0.3, 0.4) is 0 Å². The lowest BCUT2D eigenvalue weighted by Gasteiger charge is -2.29. The minimum Gasteiger partial charge on any atom is -0.381 e. The van der Waals surface area contributed by atoms with Crippen molar-refractivity contribution in [2.75, 3.05) is 30.8 Å². The van der Waals surface area contributed by atoms with E-state index in [1.54, 1.807) is 0 Å². The fourth-order valence-corrected chi connectivity index (χ4v) is 2.78. The van der Waals surface area contributed by atoms with Gasteiger partial charge in [0.15, 0.2) is 11.6 Å². The molecule has 21 heavy (non-hydrogen) atoms. The summed E-state index contributed by atoms with van der Waals surface area (Å²) in [5, 5.41) is 3.55. The zero-order valence-electron chi connectivity index (χ0n) is 12.2. The molecule has 1 fully saturated rings. The maximum absolute atomic E-state index is 6.06. The topological polar surface area (TPSA) is 67.1 Å². The van der Waals surface area contributed by atoms with E-state index in [0.717, 1.165) is 29.9 Å². The molecule has 3 rings (SSSR count). The van der Waals surface area contributed by atoms with Crippen LogP contribution in [0.2, 0.25) is 0 Å². The largest absolute Gasteiger partial charge is 0.381 e. The second kappa shape index (κ2) is 6.91. The SMILES string of the molecule is CN(CC1CCCCN1)c1nc2ccccc2nc1N.Cl. The van der Waals surface area contributed by atoms with Crippen molar-refractivity contribution < 1.29 is 0 Å². The molecule has 2 heterocycles. The van der Waals surface area contributed by atoms with E-state index in [1.807, 2.05) is 31.3 Å². The van der Waals surface area contributed by atoms with Crippen LogP contribution in [0.15, 0.2) is 24.3 Å². The highest BCUT2D eigenvalue weighted by molar-refractivity contribution is 5.85. The van der Waals surface area contributed by atoms with E-state index in [2.05, 4.69) is 20.2 Å². The molecule has 1 aliphatic rings. The minimum absolute atomic E-state index is 0. The molecule has 1 aromatic heterocycles. The van der Waals surface area contributed by atoms with Crippen molar-refractivity contribution in [1.29, 1.82) is 0 Å². The molecule has 114 valence electrons.